The summed E-state index contributed by atoms with van der Waals surface area (Å²) >= 11 is 0. The molecule has 0 fully saturated rings. The van der Waals surface area contributed by atoms with Gasteiger partial charge in [-0.25, -0.2) is 0 Å². The summed E-state index contributed by atoms with van der Waals surface area (Å²) in [5.74, 6) is -1.45. The number of carbonyl (C=O) groups is 1. The molecule has 1 N–H and O–H groups in total. The molecule has 0 saturated carbocycles. The summed E-state index contributed by atoms with van der Waals surface area (Å²) in [7, 11) is 0. The Balaban J connectivity index is 2.14. The summed E-state index contributed by atoms with van der Waals surface area (Å²) in [6.45, 7) is 0.209. The minimum Gasteiger partial charge on any atom is -0.406 e. The van der Waals surface area contributed by atoms with Crippen LogP contribution in [-0.2, 0) is 17.5 Å². The monoisotopic (exact) mass is 412 g/mol. The van der Waals surface area contributed by atoms with E-state index in [4.69, 9.17) is 0 Å². The van der Waals surface area contributed by atoms with Crippen LogP contribution in [0.25, 0.3) is 0 Å². The number of amides is 1. The molecule has 0 radical (unpaired) electrons. The molecule has 28 heavy (non-hydrogen) atoms. The topological polar surface area (TPSA) is 99.3 Å². The Hall–Kier alpha value is -3.32. The molecule has 1 heterocycles. The molecule has 0 spiro atoms. The number of aromatic nitrogens is 2. The highest BCUT2D eigenvalue weighted by Gasteiger charge is 2.44. The lowest BCUT2D eigenvalue weighted by atomic mass is 10.3. The number of nitrogens with one attached hydrogen (secondary N) is 1. The Bertz CT molecular complexity index is 889. The normalized spacial score (nSPS) is 12.0. The summed E-state index contributed by atoms with van der Waals surface area (Å²) in [6, 6.07) is 3.96. The van der Waals surface area contributed by atoms with E-state index in [0.29, 0.717) is 4.68 Å². The van der Waals surface area contributed by atoms with Gasteiger partial charge in [-0.3, -0.25) is 19.6 Å². The van der Waals surface area contributed by atoms with Gasteiger partial charge in [-0.05, 0) is 31.2 Å². The molecule has 1 aromatic carbocycles. The molecule has 0 saturated heterocycles. The molecule has 152 valence electrons. The van der Waals surface area contributed by atoms with Crippen molar-refractivity contribution in [2.75, 3.05) is 5.32 Å². The van der Waals surface area contributed by atoms with Crippen LogP contribution in [0.4, 0.5) is 37.7 Å². The number of nitro groups is 1. The number of carbonyl (C=O) groups excluding carboxylic acids is 1. The Labute approximate surface area is 151 Å². The fourth-order valence-corrected chi connectivity index (χ4v) is 2.18. The van der Waals surface area contributed by atoms with Crippen LogP contribution in [0.5, 0.6) is 5.75 Å². The van der Waals surface area contributed by atoms with Gasteiger partial charge in [-0.15, -0.1) is 13.2 Å². The van der Waals surface area contributed by atoms with Crippen LogP contribution in [0.2, 0.25) is 0 Å². The third kappa shape index (κ3) is 5.11. The van der Waals surface area contributed by atoms with Crippen molar-refractivity contribution in [3.05, 3.63) is 45.8 Å². The number of ether oxygens (including phenoxy) is 1. The second kappa shape index (κ2) is 7.36. The number of hydrogen-bond acceptors (Lipinski definition) is 5. The van der Waals surface area contributed by atoms with Gasteiger partial charge in [-0.2, -0.15) is 18.3 Å². The lowest BCUT2D eigenvalue weighted by Gasteiger charge is -2.10. The van der Waals surface area contributed by atoms with Gasteiger partial charge in [0.1, 0.15) is 18.0 Å². The fraction of sp³-hybridized carbons (Fsp3) is 0.286. The Morgan fingerprint density at radius 3 is 2.21 bits per heavy atom. The van der Waals surface area contributed by atoms with Crippen molar-refractivity contribution in [3.63, 3.8) is 0 Å². The van der Waals surface area contributed by atoms with Crippen LogP contribution in [0.1, 0.15) is 11.4 Å². The minimum atomic E-state index is -5.09. The second-order valence-electron chi connectivity index (χ2n) is 5.32. The first-order chi connectivity index (χ1) is 12.8. The zero-order valence-corrected chi connectivity index (χ0v) is 13.8. The van der Waals surface area contributed by atoms with E-state index in [1.54, 1.807) is 0 Å². The van der Waals surface area contributed by atoms with E-state index in [1.165, 1.54) is 0 Å². The van der Waals surface area contributed by atoms with Crippen molar-refractivity contribution >= 4 is 17.3 Å². The third-order valence-corrected chi connectivity index (χ3v) is 3.29. The Kier molecular flexibility index (Phi) is 5.52. The van der Waals surface area contributed by atoms with Crippen LogP contribution < -0.4 is 10.1 Å². The maximum absolute atomic E-state index is 12.9. The van der Waals surface area contributed by atoms with Crippen LogP contribution in [0, 0.1) is 17.0 Å². The van der Waals surface area contributed by atoms with Gasteiger partial charge < -0.3 is 10.1 Å². The van der Waals surface area contributed by atoms with Crippen molar-refractivity contribution < 1.29 is 40.8 Å². The van der Waals surface area contributed by atoms with Gasteiger partial charge >= 0.3 is 18.2 Å². The van der Waals surface area contributed by atoms with Gasteiger partial charge in [0.05, 0.1) is 4.92 Å². The number of hydrogen-bond donors (Lipinski definition) is 1. The van der Waals surface area contributed by atoms with Gasteiger partial charge in [-0.1, -0.05) is 0 Å². The Morgan fingerprint density at radius 1 is 1.21 bits per heavy atom. The van der Waals surface area contributed by atoms with Crippen LogP contribution >= 0.6 is 0 Å². The average molecular weight is 412 g/mol. The standard InChI is InChI=1S/C14H10F6N4O4/c1-7-11(24(26)27)12(13(15,16)17)22-23(7)6-10(25)21-8-2-4-9(5-3-8)28-14(18,19)20/h2-5H,6H2,1H3,(H,21,25). The zero-order chi connectivity index (χ0) is 21.3. The van der Waals surface area contributed by atoms with Gasteiger partial charge in [0.25, 0.3) is 0 Å². The summed E-state index contributed by atoms with van der Waals surface area (Å²) in [6.07, 6.45) is -9.99. The molecule has 0 aliphatic rings. The van der Waals surface area contributed by atoms with Crippen molar-refractivity contribution in [2.45, 2.75) is 26.0 Å². The molecule has 1 amide bonds. The summed E-state index contributed by atoms with van der Waals surface area (Å²) in [5.41, 5.74) is -3.47. The van der Waals surface area contributed by atoms with E-state index >= 15 is 0 Å². The summed E-state index contributed by atoms with van der Waals surface area (Å²) in [4.78, 5) is 21.6. The van der Waals surface area contributed by atoms with Crippen molar-refractivity contribution in [1.82, 2.24) is 9.78 Å². The molecule has 0 atom stereocenters. The van der Waals surface area contributed by atoms with Crippen LogP contribution in [0.15, 0.2) is 24.3 Å². The molecule has 1 aromatic heterocycles. The number of anilines is 1. The molecule has 0 bridgehead atoms. The predicted octanol–water partition coefficient (Wildman–Crippen LogP) is 3.66. The highest BCUT2D eigenvalue weighted by molar-refractivity contribution is 5.90. The first-order valence-corrected chi connectivity index (χ1v) is 7.22. The lowest BCUT2D eigenvalue weighted by Crippen LogP contribution is -2.21. The molecule has 0 unspecified atom stereocenters. The smallest absolute Gasteiger partial charge is 0.406 e. The molecule has 0 aliphatic carbocycles. The van der Waals surface area contributed by atoms with Gasteiger partial charge in [0.15, 0.2) is 0 Å². The number of halogens is 6. The molecule has 8 nitrogen and oxygen atoms in total. The maximum Gasteiger partial charge on any atom is 0.573 e. The van der Waals surface area contributed by atoms with E-state index in [2.05, 4.69) is 15.2 Å². The second-order valence-corrected chi connectivity index (χ2v) is 5.32. The highest BCUT2D eigenvalue weighted by atomic mass is 19.4. The molecular weight excluding hydrogens is 402 g/mol. The zero-order valence-electron chi connectivity index (χ0n) is 13.8. The number of rotatable bonds is 5. The van der Waals surface area contributed by atoms with Gasteiger partial charge in [0, 0.05) is 5.69 Å². The van der Waals surface area contributed by atoms with E-state index in [-0.39, 0.29) is 5.69 Å². The van der Waals surface area contributed by atoms with Crippen molar-refractivity contribution in [2.24, 2.45) is 0 Å². The van der Waals surface area contributed by atoms with Crippen LogP contribution in [0.3, 0.4) is 0 Å². The summed E-state index contributed by atoms with van der Waals surface area (Å²) < 4.78 is 79.0. The molecule has 14 heteroatoms. The van der Waals surface area contributed by atoms with E-state index in [9.17, 15) is 41.3 Å². The average Bonchev–Trinajstić information content (AvgIpc) is 2.85. The number of benzene rings is 1. The summed E-state index contributed by atoms with van der Waals surface area (Å²) in [5, 5.41) is 16.2. The highest BCUT2D eigenvalue weighted by Crippen LogP contribution is 2.36. The predicted molar refractivity (Wildman–Crippen MR) is 80.4 cm³/mol. The minimum absolute atomic E-state index is 0.0230. The quantitative estimate of drug-likeness (QED) is 0.459. The van der Waals surface area contributed by atoms with Gasteiger partial charge in [0.2, 0.25) is 11.6 Å². The first kappa shape index (κ1) is 21.0. The van der Waals surface area contributed by atoms with Crippen molar-refractivity contribution in [3.8, 4) is 5.75 Å². The van der Waals surface area contributed by atoms with Crippen LogP contribution in [-0.4, -0.2) is 27.0 Å². The Morgan fingerprint density at radius 2 is 1.79 bits per heavy atom. The SMILES string of the molecule is Cc1c([N+](=O)[O-])c(C(F)(F)F)nn1CC(=O)Nc1ccc(OC(F)(F)F)cc1. The fourth-order valence-electron chi connectivity index (χ4n) is 2.18. The van der Waals surface area contributed by atoms with Crippen molar-refractivity contribution in [1.29, 1.82) is 0 Å². The number of alkyl halides is 6. The lowest BCUT2D eigenvalue weighted by molar-refractivity contribution is -0.388. The molecule has 2 aromatic rings. The first-order valence-electron chi connectivity index (χ1n) is 7.22. The van der Waals surface area contributed by atoms with E-state index < -0.39 is 52.7 Å². The van der Waals surface area contributed by atoms with E-state index in [1.807, 2.05) is 0 Å². The molecule has 0 aliphatic heterocycles. The largest absolute Gasteiger partial charge is 0.573 e. The number of nitrogens with zero attached hydrogens (tertiary/aromatic N) is 3. The maximum atomic E-state index is 12.9. The third-order valence-electron chi connectivity index (χ3n) is 3.29. The molecule has 2 rings (SSSR count). The molecular formula is C14H10F6N4O4. The van der Waals surface area contributed by atoms with E-state index in [0.717, 1.165) is 31.2 Å².